The van der Waals surface area contributed by atoms with Gasteiger partial charge in [0, 0.05) is 31.0 Å². The number of carbonyl (C=O) groups is 1. The van der Waals surface area contributed by atoms with Gasteiger partial charge >= 0.3 is 6.18 Å². The predicted molar refractivity (Wildman–Crippen MR) is 121 cm³/mol. The van der Waals surface area contributed by atoms with E-state index in [2.05, 4.69) is 30.7 Å². The van der Waals surface area contributed by atoms with Gasteiger partial charge in [-0.05, 0) is 31.9 Å². The first-order chi connectivity index (χ1) is 16.1. The molecule has 0 saturated carbocycles. The lowest BCUT2D eigenvalue weighted by atomic mass is 10.1. The van der Waals surface area contributed by atoms with Crippen molar-refractivity contribution in [1.82, 2.24) is 24.7 Å². The van der Waals surface area contributed by atoms with Crippen molar-refractivity contribution < 1.29 is 18.0 Å². The number of halogens is 3. The number of fused-ring (bicyclic) bond motifs is 1. The van der Waals surface area contributed by atoms with Crippen molar-refractivity contribution >= 4 is 23.4 Å². The molecule has 0 spiro atoms. The monoisotopic (exact) mass is 474 g/mol. The quantitative estimate of drug-likeness (QED) is 0.565. The number of alkyl halides is 3. The van der Waals surface area contributed by atoms with Gasteiger partial charge in [-0.15, -0.1) is 0 Å². The molecule has 0 saturated heterocycles. The fourth-order valence-electron chi connectivity index (χ4n) is 3.70. The summed E-state index contributed by atoms with van der Waals surface area (Å²) in [5.41, 5.74) is 2.29. The Balaban J connectivity index is 1.46. The van der Waals surface area contributed by atoms with E-state index in [9.17, 15) is 18.0 Å². The normalized spacial score (nSPS) is 15.8. The van der Waals surface area contributed by atoms with Gasteiger partial charge in [-0.3, -0.25) is 9.48 Å². The van der Waals surface area contributed by atoms with E-state index in [0.717, 1.165) is 11.6 Å². The third-order valence-corrected chi connectivity index (χ3v) is 5.78. The number of nitrogens with zero attached hydrogens (tertiary/aromatic N) is 6. The van der Waals surface area contributed by atoms with Gasteiger partial charge in [-0.2, -0.15) is 23.3 Å². The average Bonchev–Trinajstić information content (AvgIpc) is 3.24. The number of aryl methyl sites for hydroxylation is 2. The number of rotatable bonds is 6. The molecule has 1 atom stereocenters. The zero-order valence-corrected chi connectivity index (χ0v) is 19.2. The van der Waals surface area contributed by atoms with Crippen molar-refractivity contribution in [3.05, 3.63) is 52.7 Å². The van der Waals surface area contributed by atoms with Gasteiger partial charge in [-0.25, -0.2) is 9.97 Å². The van der Waals surface area contributed by atoms with Gasteiger partial charge < -0.3 is 15.5 Å². The highest BCUT2D eigenvalue weighted by molar-refractivity contribution is 6.03. The Bertz CT molecular complexity index is 1220. The van der Waals surface area contributed by atoms with Crippen LogP contribution >= 0.6 is 0 Å². The number of carbonyl (C=O) groups excluding carboxylic acids is 1. The van der Waals surface area contributed by atoms with Crippen molar-refractivity contribution in [3.63, 3.8) is 0 Å². The Hall–Kier alpha value is -3.70. The van der Waals surface area contributed by atoms with Crippen LogP contribution in [-0.4, -0.2) is 43.7 Å². The van der Waals surface area contributed by atoms with Crippen molar-refractivity contribution in [2.75, 3.05) is 22.6 Å². The molecule has 180 valence electrons. The number of nitrogens with one attached hydrogen (secondary N) is 2. The molecule has 0 fully saturated rings. The first-order valence-electron chi connectivity index (χ1n) is 10.8. The maximum absolute atomic E-state index is 12.9. The molecule has 4 heterocycles. The number of amides is 1. The second-order valence-corrected chi connectivity index (χ2v) is 8.16. The van der Waals surface area contributed by atoms with Crippen LogP contribution in [0.1, 0.15) is 42.1 Å². The molecule has 2 N–H and O–H groups in total. The van der Waals surface area contributed by atoms with Crippen molar-refractivity contribution in [2.24, 2.45) is 0 Å². The minimum atomic E-state index is -4.47. The summed E-state index contributed by atoms with van der Waals surface area (Å²) in [6.45, 7) is 6.08. The number of pyridine rings is 1. The van der Waals surface area contributed by atoms with Crippen LogP contribution in [0.25, 0.3) is 0 Å². The highest BCUT2D eigenvalue weighted by Gasteiger charge is 2.33. The smallest absolute Gasteiger partial charge is 0.350 e. The molecule has 0 unspecified atom stereocenters. The average molecular weight is 474 g/mol. The molecule has 1 aliphatic rings. The van der Waals surface area contributed by atoms with Crippen molar-refractivity contribution in [1.29, 1.82) is 0 Å². The molecule has 0 aromatic carbocycles. The topological polar surface area (TPSA) is 101 Å². The van der Waals surface area contributed by atoms with Crippen molar-refractivity contribution in [2.45, 2.75) is 52.5 Å². The van der Waals surface area contributed by atoms with E-state index in [-0.39, 0.29) is 11.9 Å². The standard InChI is InChI=1S/C22H25F3N8O/c1-5-16-15(6-7-17(29-16)22(23,24)25)11-33-10-14(9-27-33)8-26-21-28-12(2)18-19(31-21)32(4)13(3)20(34)30-18/h6-7,9-10,13H,5,8,11H2,1-4H3,(H,30,34)(H,26,28,31)/t13-/m0/s1. The number of likely N-dealkylation sites (N-methyl/N-ethyl adjacent to an activating group) is 1. The Labute approximate surface area is 194 Å². The number of anilines is 3. The van der Waals surface area contributed by atoms with Crippen molar-refractivity contribution in [3.8, 4) is 0 Å². The van der Waals surface area contributed by atoms with Gasteiger partial charge in [0.1, 0.15) is 17.4 Å². The molecule has 1 aliphatic heterocycles. The van der Waals surface area contributed by atoms with Crippen LogP contribution in [-0.2, 0) is 30.5 Å². The summed E-state index contributed by atoms with van der Waals surface area (Å²) in [4.78, 5) is 26.6. The van der Waals surface area contributed by atoms with Gasteiger partial charge in [0.2, 0.25) is 11.9 Å². The lowest BCUT2D eigenvalue weighted by Gasteiger charge is -2.32. The lowest BCUT2D eigenvalue weighted by molar-refractivity contribution is -0.141. The molecule has 9 nitrogen and oxygen atoms in total. The van der Waals surface area contributed by atoms with Crippen LogP contribution in [0.15, 0.2) is 24.5 Å². The van der Waals surface area contributed by atoms with Crippen LogP contribution in [0.5, 0.6) is 0 Å². The van der Waals surface area contributed by atoms with Gasteiger partial charge in [0.15, 0.2) is 5.82 Å². The van der Waals surface area contributed by atoms with Crippen LogP contribution in [0.4, 0.5) is 30.6 Å². The Morgan fingerprint density at radius 1 is 1.21 bits per heavy atom. The summed E-state index contributed by atoms with van der Waals surface area (Å²) in [7, 11) is 1.81. The third-order valence-electron chi connectivity index (χ3n) is 5.78. The summed E-state index contributed by atoms with van der Waals surface area (Å²) in [5, 5.41) is 10.3. The van der Waals surface area contributed by atoms with E-state index in [4.69, 9.17) is 0 Å². The third kappa shape index (κ3) is 4.66. The predicted octanol–water partition coefficient (Wildman–Crippen LogP) is 3.39. The van der Waals surface area contributed by atoms with Gasteiger partial charge in [0.05, 0.1) is 18.4 Å². The van der Waals surface area contributed by atoms with Crippen LogP contribution < -0.4 is 15.5 Å². The fraction of sp³-hybridized carbons (Fsp3) is 0.409. The van der Waals surface area contributed by atoms with E-state index in [1.807, 2.05) is 13.2 Å². The second-order valence-electron chi connectivity index (χ2n) is 8.16. The van der Waals surface area contributed by atoms with Crippen LogP contribution in [0.3, 0.4) is 0 Å². The molecule has 34 heavy (non-hydrogen) atoms. The largest absolute Gasteiger partial charge is 0.433 e. The minimum absolute atomic E-state index is 0.107. The number of aromatic nitrogens is 5. The highest BCUT2D eigenvalue weighted by Crippen LogP contribution is 2.32. The lowest BCUT2D eigenvalue weighted by Crippen LogP contribution is -2.44. The number of hydrogen-bond donors (Lipinski definition) is 2. The zero-order valence-electron chi connectivity index (χ0n) is 19.2. The van der Waals surface area contributed by atoms with Gasteiger partial charge in [0.25, 0.3) is 0 Å². The highest BCUT2D eigenvalue weighted by atomic mass is 19.4. The first kappa shape index (κ1) is 23.5. The van der Waals surface area contributed by atoms with E-state index in [1.54, 1.807) is 36.5 Å². The molecule has 4 rings (SSSR count). The molecular formula is C22H25F3N8O. The first-order valence-corrected chi connectivity index (χ1v) is 10.8. The maximum Gasteiger partial charge on any atom is 0.433 e. The second kappa shape index (κ2) is 8.92. The summed E-state index contributed by atoms with van der Waals surface area (Å²) < 4.78 is 40.5. The Morgan fingerprint density at radius 3 is 2.68 bits per heavy atom. The summed E-state index contributed by atoms with van der Waals surface area (Å²) in [6.07, 6.45) is -0.598. The molecular weight excluding hydrogens is 449 g/mol. The molecule has 0 bridgehead atoms. The Morgan fingerprint density at radius 2 is 1.97 bits per heavy atom. The van der Waals surface area contributed by atoms with Crippen LogP contribution in [0, 0.1) is 6.92 Å². The molecule has 3 aromatic heterocycles. The molecule has 0 aliphatic carbocycles. The zero-order chi connectivity index (χ0) is 24.6. The number of hydrogen-bond acceptors (Lipinski definition) is 7. The van der Waals surface area contributed by atoms with E-state index in [1.165, 1.54) is 6.07 Å². The summed E-state index contributed by atoms with van der Waals surface area (Å²) in [6, 6.07) is 2.10. The van der Waals surface area contributed by atoms with E-state index in [0.29, 0.717) is 53.9 Å². The minimum Gasteiger partial charge on any atom is -0.350 e. The summed E-state index contributed by atoms with van der Waals surface area (Å²) in [5.74, 6) is 0.948. The maximum atomic E-state index is 12.9. The van der Waals surface area contributed by atoms with Crippen LogP contribution in [0.2, 0.25) is 0 Å². The Kier molecular flexibility index (Phi) is 6.15. The molecule has 12 heteroatoms. The van der Waals surface area contributed by atoms with E-state index >= 15 is 0 Å². The SMILES string of the molecule is CCc1nc(C(F)(F)F)ccc1Cn1cc(CNc2nc(C)c3c(n2)N(C)[C@@H](C)C(=O)N3)cn1. The summed E-state index contributed by atoms with van der Waals surface area (Å²) >= 11 is 0. The van der Waals surface area contributed by atoms with E-state index < -0.39 is 11.9 Å². The van der Waals surface area contributed by atoms with Gasteiger partial charge in [-0.1, -0.05) is 13.0 Å². The molecule has 0 radical (unpaired) electrons. The molecule has 1 amide bonds. The molecule has 3 aromatic rings. The fourth-order valence-corrected chi connectivity index (χ4v) is 3.70.